The second-order valence-electron chi connectivity index (χ2n) is 16.4. The zero-order valence-electron chi connectivity index (χ0n) is 36.0. The minimum atomic E-state index is -4.34. The SMILES string of the molecule is CCCCCCCCCCCCC/C=C/CC/C=C/CC/C=C/C(O)C(COP(=O)(O)OCC[N+](C)(C)C)NC(=O)CCCCCCCCCCCCC. The first-order chi connectivity index (χ1) is 26.0. The molecule has 1 amide bonds. The van der Waals surface area contributed by atoms with Gasteiger partial charge in [-0.25, -0.2) is 4.57 Å². The average molecular weight is 784 g/mol. The van der Waals surface area contributed by atoms with Crippen molar-refractivity contribution in [2.45, 2.75) is 206 Å². The summed E-state index contributed by atoms with van der Waals surface area (Å²) in [5, 5.41) is 13.8. The fraction of sp³-hybridized carbons (Fsp3) is 0.844. The summed E-state index contributed by atoms with van der Waals surface area (Å²) in [5.41, 5.74) is 0. The molecule has 0 saturated carbocycles. The monoisotopic (exact) mass is 784 g/mol. The Morgan fingerprint density at radius 1 is 0.611 bits per heavy atom. The molecule has 3 unspecified atom stereocenters. The van der Waals surface area contributed by atoms with Crippen LogP contribution in [-0.4, -0.2) is 73.4 Å². The fourth-order valence-corrected chi connectivity index (χ4v) is 6.98. The van der Waals surface area contributed by atoms with Crippen molar-refractivity contribution in [2.75, 3.05) is 40.9 Å². The van der Waals surface area contributed by atoms with Crippen LogP contribution in [-0.2, 0) is 18.4 Å². The number of nitrogens with one attached hydrogen (secondary N) is 1. The number of phosphoric ester groups is 1. The molecular formula is C45H88N2O6P+. The highest BCUT2D eigenvalue weighted by atomic mass is 31.2. The number of nitrogens with zero attached hydrogens (tertiary/aromatic N) is 1. The molecular weight excluding hydrogens is 695 g/mol. The molecule has 0 saturated heterocycles. The highest BCUT2D eigenvalue weighted by Gasteiger charge is 2.27. The first-order valence-electron chi connectivity index (χ1n) is 22.4. The van der Waals surface area contributed by atoms with Crippen molar-refractivity contribution < 1.29 is 32.9 Å². The number of aliphatic hydroxyl groups excluding tert-OH is 1. The number of quaternary nitrogens is 1. The largest absolute Gasteiger partial charge is 0.472 e. The van der Waals surface area contributed by atoms with Crippen molar-refractivity contribution in [3.05, 3.63) is 36.5 Å². The van der Waals surface area contributed by atoms with Gasteiger partial charge < -0.3 is 19.8 Å². The number of unbranched alkanes of at least 4 members (excludes halogenated alkanes) is 23. The lowest BCUT2D eigenvalue weighted by atomic mass is 10.0. The quantitative estimate of drug-likeness (QED) is 0.0247. The van der Waals surface area contributed by atoms with Crippen molar-refractivity contribution in [1.29, 1.82) is 0 Å². The van der Waals surface area contributed by atoms with Crippen LogP contribution >= 0.6 is 7.82 Å². The third-order valence-corrected chi connectivity index (χ3v) is 10.8. The van der Waals surface area contributed by atoms with Crippen LogP contribution in [0.2, 0.25) is 0 Å². The van der Waals surface area contributed by atoms with Gasteiger partial charge in [0.25, 0.3) is 0 Å². The van der Waals surface area contributed by atoms with E-state index in [0.717, 1.165) is 44.9 Å². The number of carbonyl (C=O) groups is 1. The van der Waals surface area contributed by atoms with Crippen LogP contribution in [0.25, 0.3) is 0 Å². The van der Waals surface area contributed by atoms with Gasteiger partial charge in [-0.2, -0.15) is 0 Å². The molecule has 0 spiro atoms. The van der Waals surface area contributed by atoms with E-state index in [-0.39, 0.29) is 19.1 Å². The molecule has 9 heteroatoms. The predicted octanol–water partition coefficient (Wildman–Crippen LogP) is 12.3. The van der Waals surface area contributed by atoms with E-state index in [2.05, 4.69) is 43.5 Å². The maximum Gasteiger partial charge on any atom is 0.472 e. The molecule has 0 heterocycles. The third kappa shape index (κ3) is 39.0. The van der Waals surface area contributed by atoms with Gasteiger partial charge in [0.05, 0.1) is 39.9 Å². The Morgan fingerprint density at radius 3 is 1.48 bits per heavy atom. The van der Waals surface area contributed by atoms with Crippen molar-refractivity contribution in [2.24, 2.45) is 0 Å². The minimum Gasteiger partial charge on any atom is -0.387 e. The van der Waals surface area contributed by atoms with Crippen LogP contribution in [0.3, 0.4) is 0 Å². The highest BCUT2D eigenvalue weighted by Crippen LogP contribution is 2.43. The molecule has 0 aromatic heterocycles. The summed E-state index contributed by atoms with van der Waals surface area (Å²) >= 11 is 0. The molecule has 8 nitrogen and oxygen atoms in total. The van der Waals surface area contributed by atoms with Crippen LogP contribution in [0, 0.1) is 0 Å². The predicted molar refractivity (Wildman–Crippen MR) is 231 cm³/mol. The molecule has 0 aromatic rings. The van der Waals surface area contributed by atoms with Crippen LogP contribution in [0.15, 0.2) is 36.5 Å². The summed E-state index contributed by atoms with van der Waals surface area (Å²) in [5.74, 6) is -0.193. The lowest BCUT2D eigenvalue weighted by Crippen LogP contribution is -2.45. The third-order valence-electron chi connectivity index (χ3n) is 9.84. The van der Waals surface area contributed by atoms with Gasteiger partial charge in [0.1, 0.15) is 13.2 Å². The van der Waals surface area contributed by atoms with Crippen molar-refractivity contribution >= 4 is 13.7 Å². The molecule has 0 aromatic carbocycles. The zero-order chi connectivity index (χ0) is 40.0. The molecule has 0 aliphatic heterocycles. The number of carbonyl (C=O) groups excluding carboxylic acids is 1. The van der Waals surface area contributed by atoms with Crippen molar-refractivity contribution in [3.63, 3.8) is 0 Å². The van der Waals surface area contributed by atoms with E-state index in [1.54, 1.807) is 6.08 Å². The van der Waals surface area contributed by atoms with Crippen LogP contribution in [0.4, 0.5) is 0 Å². The van der Waals surface area contributed by atoms with E-state index < -0.39 is 20.0 Å². The summed E-state index contributed by atoms with van der Waals surface area (Å²) in [6.45, 7) is 4.77. The number of likely N-dealkylation sites (N-methyl/N-ethyl adjacent to an activating group) is 1. The van der Waals surface area contributed by atoms with E-state index in [0.29, 0.717) is 17.4 Å². The molecule has 0 aliphatic rings. The summed E-state index contributed by atoms with van der Waals surface area (Å²) in [6, 6.07) is -0.864. The van der Waals surface area contributed by atoms with E-state index in [9.17, 15) is 19.4 Å². The highest BCUT2D eigenvalue weighted by molar-refractivity contribution is 7.47. The normalized spacial score (nSPS) is 14.7. The Balaban J connectivity index is 4.45. The van der Waals surface area contributed by atoms with Gasteiger partial charge >= 0.3 is 7.82 Å². The van der Waals surface area contributed by atoms with Gasteiger partial charge in [0.2, 0.25) is 5.91 Å². The maximum atomic E-state index is 12.8. The molecule has 0 bridgehead atoms. The van der Waals surface area contributed by atoms with E-state index in [4.69, 9.17) is 9.05 Å². The molecule has 0 aliphatic carbocycles. The smallest absolute Gasteiger partial charge is 0.387 e. The molecule has 0 radical (unpaired) electrons. The molecule has 3 N–H and O–H groups in total. The number of hydrogen-bond donors (Lipinski definition) is 3. The van der Waals surface area contributed by atoms with Gasteiger partial charge in [0.15, 0.2) is 0 Å². The van der Waals surface area contributed by atoms with Crippen LogP contribution < -0.4 is 5.32 Å². The summed E-state index contributed by atoms with van der Waals surface area (Å²) < 4.78 is 23.5. The number of allylic oxidation sites excluding steroid dienone is 5. The minimum absolute atomic E-state index is 0.0544. The van der Waals surface area contributed by atoms with Crippen LogP contribution in [0.1, 0.15) is 194 Å². The van der Waals surface area contributed by atoms with Gasteiger partial charge in [-0.15, -0.1) is 0 Å². The molecule has 318 valence electrons. The summed E-state index contributed by atoms with van der Waals surface area (Å²) in [6.07, 6.45) is 45.1. The van der Waals surface area contributed by atoms with Gasteiger partial charge in [-0.1, -0.05) is 179 Å². The average Bonchev–Trinajstić information content (AvgIpc) is 3.12. The Bertz CT molecular complexity index is 980. The van der Waals surface area contributed by atoms with Gasteiger partial charge in [0, 0.05) is 6.42 Å². The number of phosphoric acid groups is 1. The first-order valence-corrected chi connectivity index (χ1v) is 23.9. The Morgan fingerprint density at radius 2 is 1.02 bits per heavy atom. The lowest BCUT2D eigenvalue weighted by Gasteiger charge is -2.25. The Kier molecular flexibility index (Phi) is 36.4. The first kappa shape index (κ1) is 52.7. The number of rotatable bonds is 40. The fourth-order valence-electron chi connectivity index (χ4n) is 6.25. The molecule has 3 atom stereocenters. The topological polar surface area (TPSA) is 105 Å². The van der Waals surface area contributed by atoms with Gasteiger partial charge in [-0.05, 0) is 44.9 Å². The standard InChI is InChI=1S/C45H87N2O6P/c1-6-8-10-12-14-16-18-19-20-21-22-23-24-25-26-27-29-30-32-34-36-38-44(48)43(42-53-54(50,51)52-41-40-47(3,4)5)46-45(49)39-37-35-33-31-28-17-15-13-11-9-7-2/h24-25,29-30,36,38,43-44,48H,6-23,26-28,31-35,37,39-42H2,1-5H3,(H-,46,49,50,51)/p+1/b25-24+,30-29+,38-36+. The van der Waals surface area contributed by atoms with Gasteiger partial charge in [-0.3, -0.25) is 13.8 Å². The number of amides is 1. The summed E-state index contributed by atoms with van der Waals surface area (Å²) in [7, 11) is 1.55. The molecule has 0 rings (SSSR count). The Hall–Kier alpha value is -1.28. The number of hydrogen-bond acceptors (Lipinski definition) is 5. The number of aliphatic hydroxyl groups is 1. The lowest BCUT2D eigenvalue weighted by molar-refractivity contribution is -0.870. The zero-order valence-corrected chi connectivity index (χ0v) is 36.9. The molecule has 0 fully saturated rings. The van der Waals surface area contributed by atoms with Crippen molar-refractivity contribution in [1.82, 2.24) is 5.32 Å². The molecule has 54 heavy (non-hydrogen) atoms. The Labute approximate surface area is 334 Å². The second kappa shape index (κ2) is 37.3. The van der Waals surface area contributed by atoms with E-state index >= 15 is 0 Å². The van der Waals surface area contributed by atoms with Crippen molar-refractivity contribution in [3.8, 4) is 0 Å². The van der Waals surface area contributed by atoms with E-state index in [1.165, 1.54) is 128 Å². The van der Waals surface area contributed by atoms with Crippen LogP contribution in [0.5, 0.6) is 0 Å². The van der Waals surface area contributed by atoms with E-state index in [1.807, 2.05) is 27.2 Å². The second-order valence-corrected chi connectivity index (χ2v) is 17.9. The maximum absolute atomic E-state index is 12.8. The summed E-state index contributed by atoms with van der Waals surface area (Å²) in [4.78, 5) is 23.0.